The largest absolute Gasteiger partial charge is 0.240 e. The van der Waals surface area contributed by atoms with E-state index in [-0.39, 0.29) is 17.3 Å². The molecule has 0 aliphatic rings. The van der Waals surface area contributed by atoms with E-state index in [0.29, 0.717) is 17.9 Å². The SMILES string of the molecule is CC(C)c1ccc(S(=O)(=O)NCCc2ccccc2F)cc1. The summed E-state index contributed by atoms with van der Waals surface area (Å²) in [4.78, 5) is 0.227. The lowest BCUT2D eigenvalue weighted by atomic mass is 10.0. The van der Waals surface area contributed by atoms with Crippen molar-refractivity contribution in [2.45, 2.75) is 31.1 Å². The Labute approximate surface area is 131 Å². The van der Waals surface area contributed by atoms with Crippen LogP contribution < -0.4 is 4.72 Å². The van der Waals surface area contributed by atoms with Gasteiger partial charge in [-0.3, -0.25) is 0 Å². The van der Waals surface area contributed by atoms with Crippen LogP contribution in [0.5, 0.6) is 0 Å². The molecule has 5 heteroatoms. The fourth-order valence-electron chi connectivity index (χ4n) is 2.14. The van der Waals surface area contributed by atoms with Crippen LogP contribution in [-0.4, -0.2) is 15.0 Å². The monoisotopic (exact) mass is 321 g/mol. The van der Waals surface area contributed by atoms with Gasteiger partial charge in [0.05, 0.1) is 4.90 Å². The molecule has 0 atom stereocenters. The molecule has 3 nitrogen and oxygen atoms in total. The summed E-state index contributed by atoms with van der Waals surface area (Å²) in [6.07, 6.45) is 0.315. The highest BCUT2D eigenvalue weighted by atomic mass is 32.2. The first-order valence-corrected chi connectivity index (χ1v) is 8.71. The van der Waals surface area contributed by atoms with Crippen LogP contribution in [0.3, 0.4) is 0 Å². The van der Waals surface area contributed by atoms with E-state index in [0.717, 1.165) is 5.56 Å². The van der Waals surface area contributed by atoms with Crippen LogP contribution >= 0.6 is 0 Å². The maximum Gasteiger partial charge on any atom is 0.240 e. The Bertz CT molecular complexity index is 725. The predicted octanol–water partition coefficient (Wildman–Crippen LogP) is 3.47. The normalized spacial score (nSPS) is 11.8. The molecule has 0 heterocycles. The number of halogens is 1. The van der Waals surface area contributed by atoms with Crippen LogP contribution in [0.2, 0.25) is 0 Å². The number of hydrogen-bond donors (Lipinski definition) is 1. The van der Waals surface area contributed by atoms with Gasteiger partial charge in [-0.05, 0) is 41.7 Å². The second-order valence-corrected chi connectivity index (χ2v) is 7.23. The third kappa shape index (κ3) is 4.15. The van der Waals surface area contributed by atoms with Gasteiger partial charge in [-0.1, -0.05) is 44.2 Å². The van der Waals surface area contributed by atoms with Crippen molar-refractivity contribution < 1.29 is 12.8 Å². The number of hydrogen-bond acceptors (Lipinski definition) is 2. The Balaban J connectivity index is 2.00. The Kier molecular flexibility index (Phi) is 5.32. The van der Waals surface area contributed by atoms with E-state index in [1.807, 2.05) is 12.1 Å². The van der Waals surface area contributed by atoms with E-state index in [9.17, 15) is 12.8 Å². The maximum absolute atomic E-state index is 13.5. The van der Waals surface area contributed by atoms with E-state index < -0.39 is 10.0 Å². The zero-order valence-corrected chi connectivity index (χ0v) is 13.5. The van der Waals surface area contributed by atoms with E-state index in [1.165, 1.54) is 6.07 Å². The van der Waals surface area contributed by atoms with Crippen LogP contribution in [0, 0.1) is 5.82 Å². The second kappa shape index (κ2) is 7.03. The summed E-state index contributed by atoms with van der Waals surface area (Å²) in [5, 5.41) is 0. The zero-order valence-electron chi connectivity index (χ0n) is 12.7. The van der Waals surface area contributed by atoms with Gasteiger partial charge in [0.2, 0.25) is 10.0 Å². The van der Waals surface area contributed by atoms with Crippen LogP contribution in [0.1, 0.15) is 30.9 Å². The number of sulfonamides is 1. The quantitative estimate of drug-likeness (QED) is 0.885. The van der Waals surface area contributed by atoms with Crippen molar-refractivity contribution in [2.75, 3.05) is 6.54 Å². The summed E-state index contributed by atoms with van der Waals surface area (Å²) in [6.45, 7) is 4.27. The molecule has 0 unspecified atom stereocenters. The number of nitrogens with one attached hydrogen (secondary N) is 1. The van der Waals surface area contributed by atoms with Crippen molar-refractivity contribution in [3.05, 3.63) is 65.5 Å². The smallest absolute Gasteiger partial charge is 0.211 e. The summed E-state index contributed by atoms with van der Waals surface area (Å²) in [6, 6.07) is 13.2. The van der Waals surface area contributed by atoms with Crippen LogP contribution in [0.25, 0.3) is 0 Å². The van der Waals surface area contributed by atoms with Gasteiger partial charge < -0.3 is 0 Å². The van der Waals surface area contributed by atoms with Gasteiger partial charge in [0.1, 0.15) is 5.82 Å². The minimum atomic E-state index is -3.56. The lowest BCUT2D eigenvalue weighted by Gasteiger charge is -2.09. The van der Waals surface area contributed by atoms with Crippen LogP contribution in [0.15, 0.2) is 53.4 Å². The maximum atomic E-state index is 13.5. The standard InChI is InChI=1S/C17H20FNO2S/c1-13(2)14-7-9-16(10-8-14)22(20,21)19-12-11-15-5-3-4-6-17(15)18/h3-10,13,19H,11-12H2,1-2H3. The molecule has 0 amide bonds. The van der Waals surface area contributed by atoms with E-state index in [1.54, 1.807) is 30.3 Å². The van der Waals surface area contributed by atoms with Crippen LogP contribution in [-0.2, 0) is 16.4 Å². The summed E-state index contributed by atoms with van der Waals surface area (Å²) >= 11 is 0. The molecule has 0 bridgehead atoms. The van der Waals surface area contributed by atoms with Crippen molar-refractivity contribution in [3.63, 3.8) is 0 Å². The molecule has 0 aliphatic heterocycles. The molecular formula is C17H20FNO2S. The molecule has 0 saturated carbocycles. The molecule has 0 saturated heterocycles. The highest BCUT2D eigenvalue weighted by Gasteiger charge is 2.14. The Morgan fingerprint density at radius 1 is 1.05 bits per heavy atom. The van der Waals surface area contributed by atoms with Gasteiger partial charge >= 0.3 is 0 Å². The minimum absolute atomic E-state index is 0.162. The molecule has 2 aromatic carbocycles. The fraction of sp³-hybridized carbons (Fsp3) is 0.294. The summed E-state index contributed by atoms with van der Waals surface area (Å²) < 4.78 is 40.3. The summed E-state index contributed by atoms with van der Waals surface area (Å²) in [5.41, 5.74) is 1.59. The predicted molar refractivity (Wildman–Crippen MR) is 85.8 cm³/mol. The molecule has 22 heavy (non-hydrogen) atoms. The molecule has 0 spiro atoms. The lowest BCUT2D eigenvalue weighted by molar-refractivity contribution is 0.577. The summed E-state index contributed by atoms with van der Waals surface area (Å²) in [7, 11) is -3.56. The molecule has 0 radical (unpaired) electrons. The molecule has 2 aromatic rings. The Morgan fingerprint density at radius 3 is 2.27 bits per heavy atom. The van der Waals surface area contributed by atoms with E-state index in [4.69, 9.17) is 0 Å². The zero-order chi connectivity index (χ0) is 16.2. The van der Waals surface area contributed by atoms with Gasteiger partial charge in [-0.25, -0.2) is 17.5 Å². The van der Waals surface area contributed by atoms with Crippen molar-refractivity contribution in [1.29, 1.82) is 0 Å². The van der Waals surface area contributed by atoms with E-state index in [2.05, 4.69) is 18.6 Å². The Morgan fingerprint density at radius 2 is 1.68 bits per heavy atom. The molecule has 0 aliphatic carbocycles. The second-order valence-electron chi connectivity index (χ2n) is 5.46. The first-order chi connectivity index (χ1) is 10.4. The first kappa shape index (κ1) is 16.6. The van der Waals surface area contributed by atoms with Crippen molar-refractivity contribution in [1.82, 2.24) is 4.72 Å². The molecule has 1 N–H and O–H groups in total. The molecule has 0 aromatic heterocycles. The van der Waals surface area contributed by atoms with Crippen molar-refractivity contribution in [3.8, 4) is 0 Å². The molecule has 2 rings (SSSR count). The average Bonchev–Trinajstić information content (AvgIpc) is 2.49. The lowest BCUT2D eigenvalue weighted by Crippen LogP contribution is -2.26. The molecule has 118 valence electrons. The van der Waals surface area contributed by atoms with Crippen molar-refractivity contribution >= 4 is 10.0 Å². The van der Waals surface area contributed by atoms with Gasteiger partial charge in [0, 0.05) is 6.54 Å². The van der Waals surface area contributed by atoms with Gasteiger partial charge in [0.15, 0.2) is 0 Å². The van der Waals surface area contributed by atoms with Gasteiger partial charge in [0.25, 0.3) is 0 Å². The van der Waals surface area contributed by atoms with E-state index >= 15 is 0 Å². The minimum Gasteiger partial charge on any atom is -0.211 e. The third-order valence-corrected chi connectivity index (χ3v) is 4.98. The first-order valence-electron chi connectivity index (χ1n) is 7.23. The fourth-order valence-corrected chi connectivity index (χ4v) is 3.17. The summed E-state index contributed by atoms with van der Waals surface area (Å²) in [5.74, 6) is 0.0359. The molecular weight excluding hydrogens is 301 g/mol. The Hall–Kier alpha value is -1.72. The highest BCUT2D eigenvalue weighted by Crippen LogP contribution is 2.17. The molecule has 0 fully saturated rings. The third-order valence-electron chi connectivity index (χ3n) is 3.50. The van der Waals surface area contributed by atoms with Crippen molar-refractivity contribution in [2.24, 2.45) is 0 Å². The highest BCUT2D eigenvalue weighted by molar-refractivity contribution is 7.89. The topological polar surface area (TPSA) is 46.2 Å². The van der Waals surface area contributed by atoms with Crippen LogP contribution in [0.4, 0.5) is 4.39 Å². The number of benzene rings is 2. The van der Waals surface area contributed by atoms with Gasteiger partial charge in [-0.2, -0.15) is 0 Å². The average molecular weight is 321 g/mol. The number of rotatable bonds is 6. The van der Waals surface area contributed by atoms with Gasteiger partial charge in [-0.15, -0.1) is 0 Å².